The number of carbonyl (C=O) groups excluding carboxylic acids is 1. The molecule has 0 radical (unpaired) electrons. The number of hydrogen-bond acceptors (Lipinski definition) is 10. The number of nitrogens with one attached hydrogen (secondary N) is 1. The molecule has 1 fully saturated rings. The molecule has 1 aliphatic rings. The van der Waals surface area contributed by atoms with Crippen molar-refractivity contribution in [1.29, 1.82) is 0 Å². The zero-order valence-corrected chi connectivity index (χ0v) is 57.1. The predicted molar refractivity (Wildman–Crippen MR) is 363 cm³/mol. The molecule has 0 spiro atoms. The Morgan fingerprint density at radius 1 is 0.360 bits per heavy atom. The van der Waals surface area contributed by atoms with Crippen molar-refractivity contribution in [2.24, 2.45) is 0 Å². The molecule has 0 saturated carbocycles. The summed E-state index contributed by atoms with van der Waals surface area (Å²) in [5, 5.41) is 76.7. The third-order valence-electron chi connectivity index (χ3n) is 19.2. The van der Waals surface area contributed by atoms with E-state index in [1.165, 1.54) is 327 Å². The summed E-state index contributed by atoms with van der Waals surface area (Å²) in [6.45, 7) is 3.54. The summed E-state index contributed by atoms with van der Waals surface area (Å²) in [5.74, 6) is -0.685. The molecule has 11 nitrogen and oxygen atoms in total. The topological polar surface area (TPSA) is 189 Å². The monoisotopic (exact) mass is 1220 g/mol. The van der Waals surface area contributed by atoms with Gasteiger partial charge in [0.05, 0.1) is 25.4 Å². The van der Waals surface area contributed by atoms with Gasteiger partial charge < -0.3 is 50.5 Å². The lowest BCUT2D eigenvalue weighted by molar-refractivity contribution is -0.303. The van der Waals surface area contributed by atoms with Gasteiger partial charge in [-0.25, -0.2) is 0 Å². The number of amides is 1. The third kappa shape index (κ3) is 50.7. The highest BCUT2D eigenvalue weighted by molar-refractivity contribution is 5.80. The Balaban J connectivity index is 2.14. The Hall–Kier alpha value is -0.890. The van der Waals surface area contributed by atoms with Crippen molar-refractivity contribution in [3.8, 4) is 0 Å². The Bertz CT molecular complexity index is 1360. The van der Waals surface area contributed by atoms with Crippen LogP contribution in [0.2, 0.25) is 0 Å². The molecule has 1 saturated heterocycles. The highest BCUT2D eigenvalue weighted by atomic mass is 16.7. The smallest absolute Gasteiger partial charge is 0.249 e. The first kappa shape index (κ1) is 83.1. The number of aliphatic hydroxyl groups excluding tert-OH is 7. The highest BCUT2D eigenvalue weighted by Crippen LogP contribution is 2.25. The van der Waals surface area contributed by atoms with Crippen LogP contribution < -0.4 is 5.32 Å². The van der Waals surface area contributed by atoms with Crippen molar-refractivity contribution in [2.75, 3.05) is 13.2 Å². The summed E-state index contributed by atoms with van der Waals surface area (Å²) >= 11 is 0. The second-order valence-electron chi connectivity index (χ2n) is 27.4. The molecule has 514 valence electrons. The zero-order chi connectivity index (χ0) is 62.4. The number of rotatable bonds is 69. The van der Waals surface area contributed by atoms with Gasteiger partial charge in [0.2, 0.25) is 5.91 Å². The van der Waals surface area contributed by atoms with Crippen molar-refractivity contribution in [3.63, 3.8) is 0 Å². The molecule has 9 unspecified atom stereocenters. The van der Waals surface area contributed by atoms with Gasteiger partial charge in [-0.15, -0.1) is 0 Å². The number of unbranched alkanes of at least 4 members (excludes halogenated alkanes) is 57. The van der Waals surface area contributed by atoms with Crippen molar-refractivity contribution in [1.82, 2.24) is 5.32 Å². The summed E-state index contributed by atoms with van der Waals surface area (Å²) < 4.78 is 11.2. The number of ether oxygens (including phenoxy) is 2. The van der Waals surface area contributed by atoms with Gasteiger partial charge in [0.1, 0.15) is 36.6 Å². The maximum absolute atomic E-state index is 13.3. The van der Waals surface area contributed by atoms with Gasteiger partial charge in [-0.2, -0.15) is 0 Å². The first-order valence-electron chi connectivity index (χ1n) is 38.4. The van der Waals surface area contributed by atoms with E-state index in [2.05, 4.69) is 19.2 Å². The van der Waals surface area contributed by atoms with E-state index in [-0.39, 0.29) is 6.42 Å². The molecule has 9 atom stereocenters. The fraction of sp³-hybridized carbons (Fsp3) is 0.987. The first-order chi connectivity index (χ1) is 42.2. The van der Waals surface area contributed by atoms with Crippen LogP contribution in [-0.4, -0.2) is 110 Å². The summed E-state index contributed by atoms with van der Waals surface area (Å²) in [5.41, 5.74) is 0. The van der Waals surface area contributed by atoms with Gasteiger partial charge in [-0.05, 0) is 12.8 Å². The van der Waals surface area contributed by atoms with Crippen molar-refractivity contribution < 1.29 is 50.0 Å². The van der Waals surface area contributed by atoms with E-state index in [0.29, 0.717) is 19.3 Å². The Kier molecular flexibility index (Phi) is 62.1. The maximum Gasteiger partial charge on any atom is 0.249 e. The van der Waals surface area contributed by atoms with Gasteiger partial charge in [0, 0.05) is 0 Å². The summed E-state index contributed by atoms with van der Waals surface area (Å²) in [7, 11) is 0. The molecule has 11 heteroatoms. The van der Waals surface area contributed by atoms with E-state index < -0.39 is 74.2 Å². The minimum absolute atomic E-state index is 0.268. The molecule has 0 bridgehead atoms. The molecule has 1 rings (SSSR count). The molecule has 0 aromatic heterocycles. The molecular weight excluding hydrogens is 1070 g/mol. The van der Waals surface area contributed by atoms with E-state index >= 15 is 0 Å². The normalized spacial score (nSPS) is 18.6. The maximum atomic E-state index is 13.3. The second-order valence-corrected chi connectivity index (χ2v) is 27.4. The Morgan fingerprint density at radius 2 is 0.605 bits per heavy atom. The summed E-state index contributed by atoms with van der Waals surface area (Å²) in [4.78, 5) is 13.3. The first-order valence-corrected chi connectivity index (χ1v) is 38.4. The van der Waals surface area contributed by atoms with E-state index in [1.54, 1.807) is 0 Å². The average Bonchev–Trinajstić information content (AvgIpc) is 3.04. The quantitative estimate of drug-likeness (QED) is 0.0272. The fourth-order valence-electron chi connectivity index (χ4n) is 13.0. The fourth-order valence-corrected chi connectivity index (χ4v) is 13.0. The minimum atomic E-state index is -1.66. The van der Waals surface area contributed by atoms with Crippen LogP contribution in [0.15, 0.2) is 0 Å². The molecule has 8 N–H and O–H groups in total. The van der Waals surface area contributed by atoms with Crippen molar-refractivity contribution >= 4 is 5.91 Å². The van der Waals surface area contributed by atoms with Gasteiger partial charge in [0.15, 0.2) is 6.29 Å². The number of carbonyl (C=O) groups is 1. The zero-order valence-electron chi connectivity index (χ0n) is 57.1. The molecular formula is C75H149NO10. The van der Waals surface area contributed by atoms with Gasteiger partial charge in [-0.3, -0.25) is 4.79 Å². The Labute approximate surface area is 532 Å². The van der Waals surface area contributed by atoms with Gasteiger partial charge in [-0.1, -0.05) is 393 Å². The standard InChI is InChI=1S/C75H149NO10/c1-3-5-7-9-11-13-15-17-19-21-23-25-27-29-31-33-34-35-37-38-40-42-44-46-48-50-52-54-56-58-60-62-67(78)70(80)66(65-85-75-73(83)72(82)71(81)69(64-77)86-75)76-74(84)68(79)63-61-59-57-55-53-51-49-47-45-43-41-39-36-32-30-28-26-24-22-20-18-16-14-12-10-8-6-4-2/h66-73,75,77-83H,3-65H2,1-2H3,(H,76,84). The van der Waals surface area contributed by atoms with E-state index in [9.17, 15) is 40.5 Å². The molecule has 1 amide bonds. The summed E-state index contributed by atoms with van der Waals surface area (Å²) in [6, 6.07) is -1.17. The predicted octanol–water partition coefficient (Wildman–Crippen LogP) is 19.2. The lowest BCUT2D eigenvalue weighted by Gasteiger charge is -2.40. The van der Waals surface area contributed by atoms with Crippen LogP contribution in [-0.2, 0) is 14.3 Å². The van der Waals surface area contributed by atoms with Gasteiger partial charge >= 0.3 is 0 Å². The summed E-state index contributed by atoms with van der Waals surface area (Å²) in [6.07, 6.45) is 67.8. The van der Waals surface area contributed by atoms with E-state index in [1.807, 2.05) is 0 Å². The van der Waals surface area contributed by atoms with E-state index in [4.69, 9.17) is 9.47 Å². The molecule has 0 aliphatic carbocycles. The van der Waals surface area contributed by atoms with Crippen LogP contribution in [0.4, 0.5) is 0 Å². The molecule has 1 aliphatic heterocycles. The lowest BCUT2D eigenvalue weighted by atomic mass is 9.98. The Morgan fingerprint density at radius 3 is 0.860 bits per heavy atom. The van der Waals surface area contributed by atoms with Gasteiger partial charge in [0.25, 0.3) is 0 Å². The van der Waals surface area contributed by atoms with Crippen LogP contribution >= 0.6 is 0 Å². The average molecular weight is 1230 g/mol. The SMILES string of the molecule is CCCCCCCCCCCCCCCCCCCCCCCCCCCCCCCCCC(O)C(O)C(COC1OC(CO)C(O)C(O)C1O)NC(=O)C(O)CCCCCCCCCCCCCCCCCCCCCCCCCCCCCC. The van der Waals surface area contributed by atoms with Crippen LogP contribution in [0.5, 0.6) is 0 Å². The number of hydrogen-bond donors (Lipinski definition) is 8. The van der Waals surface area contributed by atoms with Crippen LogP contribution in [0.3, 0.4) is 0 Å². The molecule has 86 heavy (non-hydrogen) atoms. The van der Waals surface area contributed by atoms with Crippen molar-refractivity contribution in [3.05, 3.63) is 0 Å². The lowest BCUT2D eigenvalue weighted by Crippen LogP contribution is -2.60. The largest absolute Gasteiger partial charge is 0.394 e. The van der Waals surface area contributed by atoms with Crippen LogP contribution in [0.25, 0.3) is 0 Å². The molecule has 0 aromatic carbocycles. The second kappa shape index (κ2) is 64.2. The molecule has 0 aromatic rings. The number of aliphatic hydroxyl groups is 7. The van der Waals surface area contributed by atoms with Crippen LogP contribution in [0.1, 0.15) is 406 Å². The van der Waals surface area contributed by atoms with Crippen LogP contribution in [0, 0.1) is 0 Å². The van der Waals surface area contributed by atoms with E-state index in [0.717, 1.165) is 38.5 Å². The minimum Gasteiger partial charge on any atom is -0.394 e. The highest BCUT2D eigenvalue weighted by Gasteiger charge is 2.44. The van der Waals surface area contributed by atoms with Crippen molar-refractivity contribution in [2.45, 2.75) is 461 Å². The third-order valence-corrected chi connectivity index (χ3v) is 19.2. The molecule has 1 heterocycles.